The second kappa shape index (κ2) is 7.02. The second-order valence-electron chi connectivity index (χ2n) is 5.59. The molecule has 5 heteroatoms. The monoisotopic (exact) mass is 279 g/mol. The van der Waals surface area contributed by atoms with E-state index in [1.807, 2.05) is 19.3 Å². The molecule has 2 N–H and O–H groups in total. The largest absolute Gasteiger partial charge is 0.388 e. The maximum Gasteiger partial charge on any atom is 0.126 e. The fourth-order valence-electron chi connectivity index (χ4n) is 2.63. The molecule has 0 aliphatic carbocycles. The number of aromatic nitrogens is 1. The highest BCUT2D eigenvalue weighted by Crippen LogP contribution is 2.22. The smallest absolute Gasteiger partial charge is 0.126 e. The minimum absolute atomic E-state index is 0.607. The van der Waals surface area contributed by atoms with Gasteiger partial charge in [-0.2, -0.15) is 0 Å². The second-order valence-corrected chi connectivity index (χ2v) is 5.59. The summed E-state index contributed by atoms with van der Waals surface area (Å²) >= 11 is 0. The maximum atomic E-state index is 10.5. The number of likely N-dealkylation sites (N-methyl/N-ethyl adjacent to an activating group) is 1. The van der Waals surface area contributed by atoms with Crippen LogP contribution in [0.5, 0.6) is 0 Å². The molecule has 112 valence electrons. The minimum atomic E-state index is -0.607. The van der Waals surface area contributed by atoms with Crippen molar-refractivity contribution in [3.63, 3.8) is 0 Å². The minimum Gasteiger partial charge on any atom is -0.388 e. The summed E-state index contributed by atoms with van der Waals surface area (Å²) in [7, 11) is 2.04. The number of anilines is 1. The highest BCUT2D eigenvalue weighted by Gasteiger charge is 2.30. The van der Waals surface area contributed by atoms with Gasteiger partial charge in [0.2, 0.25) is 0 Å². The summed E-state index contributed by atoms with van der Waals surface area (Å²) in [4.78, 5) is 6.43. The first-order chi connectivity index (χ1) is 9.61. The lowest BCUT2D eigenvalue weighted by Crippen LogP contribution is -2.45. The number of ether oxygens (including phenoxy) is 1. The van der Waals surface area contributed by atoms with Crippen LogP contribution in [0.2, 0.25) is 0 Å². The molecule has 1 aliphatic rings. The standard InChI is InChI=1S/C15H25N3O2/c1-3-16-14-10-13(4-7-17-14)11-18(2)12-15(19)5-8-20-9-6-15/h4,7,10,19H,3,5-6,8-9,11-12H2,1-2H3,(H,16,17). The van der Waals surface area contributed by atoms with Gasteiger partial charge in [-0.1, -0.05) is 0 Å². The number of pyridine rings is 1. The van der Waals surface area contributed by atoms with Crippen molar-refractivity contribution >= 4 is 5.82 Å². The molecule has 0 unspecified atom stereocenters. The highest BCUT2D eigenvalue weighted by molar-refractivity contribution is 5.37. The third-order valence-corrected chi connectivity index (χ3v) is 3.62. The zero-order chi connectivity index (χ0) is 14.4. The van der Waals surface area contributed by atoms with Crippen LogP contribution in [-0.2, 0) is 11.3 Å². The first kappa shape index (κ1) is 15.2. The zero-order valence-electron chi connectivity index (χ0n) is 12.4. The molecule has 2 rings (SSSR count). The molecule has 0 radical (unpaired) electrons. The Labute approximate surface area is 121 Å². The van der Waals surface area contributed by atoms with Gasteiger partial charge in [-0.25, -0.2) is 4.98 Å². The predicted molar refractivity (Wildman–Crippen MR) is 79.7 cm³/mol. The van der Waals surface area contributed by atoms with E-state index >= 15 is 0 Å². The van der Waals surface area contributed by atoms with Gasteiger partial charge in [0.15, 0.2) is 0 Å². The van der Waals surface area contributed by atoms with E-state index in [0.29, 0.717) is 19.8 Å². The van der Waals surface area contributed by atoms with E-state index in [0.717, 1.165) is 31.7 Å². The first-order valence-corrected chi connectivity index (χ1v) is 7.29. The van der Waals surface area contributed by atoms with Gasteiger partial charge in [0.05, 0.1) is 5.60 Å². The van der Waals surface area contributed by atoms with E-state index in [-0.39, 0.29) is 0 Å². The Hall–Kier alpha value is -1.17. The average molecular weight is 279 g/mol. The van der Waals surface area contributed by atoms with Crippen molar-refractivity contribution in [1.82, 2.24) is 9.88 Å². The van der Waals surface area contributed by atoms with E-state index in [9.17, 15) is 5.11 Å². The van der Waals surface area contributed by atoms with Gasteiger partial charge in [-0.05, 0) is 31.7 Å². The Morgan fingerprint density at radius 3 is 2.90 bits per heavy atom. The number of nitrogens with zero attached hydrogens (tertiary/aromatic N) is 2. The van der Waals surface area contributed by atoms with Crippen molar-refractivity contribution in [3.8, 4) is 0 Å². The Bertz CT molecular complexity index is 419. The van der Waals surface area contributed by atoms with Crippen LogP contribution in [0.25, 0.3) is 0 Å². The molecule has 1 saturated heterocycles. The van der Waals surface area contributed by atoms with Crippen LogP contribution in [0, 0.1) is 0 Å². The van der Waals surface area contributed by atoms with Crippen molar-refractivity contribution in [1.29, 1.82) is 0 Å². The molecular weight excluding hydrogens is 254 g/mol. The quantitative estimate of drug-likeness (QED) is 0.826. The summed E-state index contributed by atoms with van der Waals surface area (Å²) in [5, 5.41) is 13.7. The van der Waals surface area contributed by atoms with Crippen molar-refractivity contribution < 1.29 is 9.84 Å². The summed E-state index contributed by atoms with van der Waals surface area (Å²) in [5.74, 6) is 0.906. The van der Waals surface area contributed by atoms with Crippen LogP contribution in [-0.4, -0.2) is 53.9 Å². The number of hydrogen-bond acceptors (Lipinski definition) is 5. The number of nitrogens with one attached hydrogen (secondary N) is 1. The molecule has 1 aromatic heterocycles. The maximum absolute atomic E-state index is 10.5. The van der Waals surface area contributed by atoms with E-state index in [1.54, 1.807) is 0 Å². The molecule has 1 aliphatic heterocycles. The molecule has 0 saturated carbocycles. The van der Waals surface area contributed by atoms with Crippen LogP contribution in [0.15, 0.2) is 18.3 Å². The number of aliphatic hydroxyl groups is 1. The van der Waals surface area contributed by atoms with Gasteiger partial charge < -0.3 is 15.2 Å². The Morgan fingerprint density at radius 1 is 1.45 bits per heavy atom. The van der Waals surface area contributed by atoms with Gasteiger partial charge in [-0.3, -0.25) is 4.90 Å². The summed E-state index contributed by atoms with van der Waals surface area (Å²) in [6.45, 7) is 5.72. The molecular formula is C15H25N3O2. The SMILES string of the molecule is CCNc1cc(CN(C)CC2(O)CCOCC2)ccn1. The van der Waals surface area contributed by atoms with Crippen LogP contribution in [0.4, 0.5) is 5.82 Å². The summed E-state index contributed by atoms with van der Waals surface area (Å²) in [6, 6.07) is 4.08. The highest BCUT2D eigenvalue weighted by atomic mass is 16.5. The first-order valence-electron chi connectivity index (χ1n) is 7.29. The fraction of sp³-hybridized carbons (Fsp3) is 0.667. The molecule has 2 heterocycles. The van der Waals surface area contributed by atoms with Gasteiger partial charge in [0.25, 0.3) is 0 Å². The third kappa shape index (κ3) is 4.44. The Morgan fingerprint density at radius 2 is 2.20 bits per heavy atom. The topological polar surface area (TPSA) is 57.6 Å². The van der Waals surface area contributed by atoms with Crippen molar-refractivity contribution in [2.45, 2.75) is 31.9 Å². The van der Waals surface area contributed by atoms with Crippen molar-refractivity contribution in [2.24, 2.45) is 0 Å². The van der Waals surface area contributed by atoms with Crippen LogP contribution >= 0.6 is 0 Å². The van der Waals surface area contributed by atoms with Gasteiger partial charge in [0, 0.05) is 51.9 Å². The van der Waals surface area contributed by atoms with Crippen LogP contribution in [0.3, 0.4) is 0 Å². The van der Waals surface area contributed by atoms with Gasteiger partial charge >= 0.3 is 0 Å². The lowest BCUT2D eigenvalue weighted by atomic mass is 9.94. The van der Waals surface area contributed by atoms with E-state index in [4.69, 9.17) is 4.74 Å². The Kier molecular flexibility index (Phi) is 5.34. The predicted octanol–water partition coefficient (Wildman–Crippen LogP) is 1.49. The Balaban J connectivity index is 1.90. The molecule has 20 heavy (non-hydrogen) atoms. The molecule has 5 nitrogen and oxygen atoms in total. The number of hydrogen-bond donors (Lipinski definition) is 2. The summed E-state index contributed by atoms with van der Waals surface area (Å²) in [6.07, 6.45) is 3.26. The molecule has 0 spiro atoms. The molecule has 0 aromatic carbocycles. The van der Waals surface area contributed by atoms with Crippen molar-refractivity contribution in [2.75, 3.05) is 38.7 Å². The summed E-state index contributed by atoms with van der Waals surface area (Å²) in [5.41, 5.74) is 0.596. The molecule has 1 fully saturated rings. The molecule has 0 bridgehead atoms. The van der Waals surface area contributed by atoms with Crippen LogP contribution < -0.4 is 5.32 Å². The third-order valence-electron chi connectivity index (χ3n) is 3.62. The van der Waals surface area contributed by atoms with Crippen LogP contribution in [0.1, 0.15) is 25.3 Å². The molecule has 0 amide bonds. The lowest BCUT2D eigenvalue weighted by molar-refractivity contribution is -0.0777. The summed E-state index contributed by atoms with van der Waals surface area (Å²) < 4.78 is 5.31. The van der Waals surface area contributed by atoms with E-state index in [2.05, 4.69) is 28.2 Å². The molecule has 1 aromatic rings. The van der Waals surface area contributed by atoms with Crippen molar-refractivity contribution in [3.05, 3.63) is 23.9 Å². The number of rotatable bonds is 6. The van der Waals surface area contributed by atoms with Gasteiger partial charge in [-0.15, -0.1) is 0 Å². The van der Waals surface area contributed by atoms with Gasteiger partial charge in [0.1, 0.15) is 5.82 Å². The fourth-order valence-corrected chi connectivity index (χ4v) is 2.63. The average Bonchev–Trinajstić information content (AvgIpc) is 2.39. The molecule has 0 atom stereocenters. The normalized spacial score (nSPS) is 18.2. The zero-order valence-corrected chi connectivity index (χ0v) is 12.4. The lowest BCUT2D eigenvalue weighted by Gasteiger charge is -2.35. The van der Waals surface area contributed by atoms with E-state index < -0.39 is 5.60 Å². The van der Waals surface area contributed by atoms with E-state index in [1.165, 1.54) is 5.56 Å².